The summed E-state index contributed by atoms with van der Waals surface area (Å²) in [7, 11) is 1.39. The molecule has 37 heavy (non-hydrogen) atoms. The third kappa shape index (κ3) is 6.17. The van der Waals surface area contributed by atoms with E-state index in [1.807, 2.05) is 36.4 Å². The number of piperidine rings is 1. The SMILES string of the molecule is COc1cc(C=Cc2cccc(-c3ccccc3)c2Cl)c(C(F)(F)F)cc1CN1CCCCC1C(=O)O. The van der Waals surface area contributed by atoms with Crippen molar-refractivity contribution in [1.29, 1.82) is 0 Å². The lowest BCUT2D eigenvalue weighted by atomic mass is 9.97. The van der Waals surface area contributed by atoms with E-state index in [0.717, 1.165) is 30.0 Å². The first-order valence-electron chi connectivity index (χ1n) is 12.0. The molecule has 0 aliphatic carbocycles. The molecule has 0 amide bonds. The molecule has 1 atom stereocenters. The quantitative estimate of drug-likeness (QED) is 0.319. The van der Waals surface area contributed by atoms with Gasteiger partial charge in [0.15, 0.2) is 0 Å². The average molecular weight is 530 g/mol. The van der Waals surface area contributed by atoms with Crippen LogP contribution < -0.4 is 4.74 Å². The standard InChI is InChI=1S/C29H27ClF3NO3/c1-37-26-17-21(14-13-20-10-7-11-23(27(20)30)19-8-3-2-4-9-19)24(29(31,32)33)16-22(26)18-34-15-6-5-12-25(34)28(35)36/h2-4,7-11,13-14,16-17,25H,5-6,12,15,18H2,1H3,(H,35,36). The molecule has 1 fully saturated rings. The highest BCUT2D eigenvalue weighted by Gasteiger charge is 2.35. The van der Waals surface area contributed by atoms with Gasteiger partial charge in [-0.05, 0) is 48.2 Å². The predicted molar refractivity (Wildman–Crippen MR) is 139 cm³/mol. The molecule has 1 unspecified atom stereocenters. The lowest BCUT2D eigenvalue weighted by Crippen LogP contribution is -2.44. The predicted octanol–water partition coefficient (Wildman–Crippen LogP) is 7.64. The van der Waals surface area contributed by atoms with Crippen molar-refractivity contribution < 1.29 is 27.8 Å². The van der Waals surface area contributed by atoms with Crippen LogP contribution in [0.15, 0.2) is 60.7 Å². The summed E-state index contributed by atoms with van der Waals surface area (Å²) in [5, 5.41) is 10.00. The van der Waals surface area contributed by atoms with E-state index >= 15 is 0 Å². The normalized spacial score (nSPS) is 16.7. The molecule has 0 spiro atoms. The van der Waals surface area contributed by atoms with Crippen LogP contribution >= 0.6 is 11.6 Å². The maximum Gasteiger partial charge on any atom is 0.417 e. The number of rotatable bonds is 7. The molecule has 4 nitrogen and oxygen atoms in total. The van der Waals surface area contributed by atoms with Crippen molar-refractivity contribution in [2.45, 2.75) is 38.0 Å². The van der Waals surface area contributed by atoms with Crippen LogP contribution in [0, 0.1) is 0 Å². The van der Waals surface area contributed by atoms with Crippen LogP contribution in [0.4, 0.5) is 13.2 Å². The third-order valence-electron chi connectivity index (χ3n) is 6.59. The molecule has 0 saturated carbocycles. The molecular weight excluding hydrogens is 503 g/mol. The topological polar surface area (TPSA) is 49.8 Å². The number of carboxylic acids is 1. The number of nitrogens with zero attached hydrogens (tertiary/aromatic N) is 1. The maximum atomic E-state index is 14.1. The van der Waals surface area contributed by atoms with Crippen LogP contribution in [0.3, 0.4) is 0 Å². The molecule has 8 heteroatoms. The monoisotopic (exact) mass is 529 g/mol. The number of ether oxygens (including phenoxy) is 1. The fourth-order valence-corrected chi connectivity index (χ4v) is 5.01. The van der Waals surface area contributed by atoms with Gasteiger partial charge in [-0.15, -0.1) is 0 Å². The Morgan fingerprint density at radius 3 is 2.49 bits per heavy atom. The molecule has 0 bridgehead atoms. The Morgan fingerprint density at radius 2 is 1.81 bits per heavy atom. The first-order chi connectivity index (χ1) is 17.7. The van der Waals surface area contributed by atoms with Gasteiger partial charge >= 0.3 is 12.1 Å². The van der Waals surface area contributed by atoms with Crippen LogP contribution in [0.25, 0.3) is 23.3 Å². The highest BCUT2D eigenvalue weighted by atomic mass is 35.5. The van der Waals surface area contributed by atoms with E-state index in [-0.39, 0.29) is 17.9 Å². The van der Waals surface area contributed by atoms with Crippen molar-refractivity contribution in [2.75, 3.05) is 13.7 Å². The Labute approximate surface area is 218 Å². The number of alkyl halides is 3. The maximum absolute atomic E-state index is 14.1. The number of benzene rings is 3. The number of aliphatic carboxylic acids is 1. The van der Waals surface area contributed by atoms with Crippen LogP contribution in [-0.4, -0.2) is 35.7 Å². The van der Waals surface area contributed by atoms with Crippen molar-refractivity contribution in [3.8, 4) is 16.9 Å². The summed E-state index contributed by atoms with van der Waals surface area (Å²) < 4.78 is 47.8. The first kappa shape index (κ1) is 26.8. The Hall–Kier alpha value is -3.29. The van der Waals surface area contributed by atoms with E-state index in [9.17, 15) is 23.1 Å². The molecule has 0 radical (unpaired) electrons. The largest absolute Gasteiger partial charge is 0.496 e. The van der Waals surface area contributed by atoms with E-state index in [4.69, 9.17) is 16.3 Å². The number of hydrogen-bond donors (Lipinski definition) is 1. The lowest BCUT2D eigenvalue weighted by molar-refractivity contribution is -0.145. The van der Waals surface area contributed by atoms with Crippen molar-refractivity contribution >= 4 is 29.7 Å². The molecule has 3 aromatic rings. The zero-order valence-corrected chi connectivity index (χ0v) is 21.0. The van der Waals surface area contributed by atoms with Crippen LogP contribution in [0.5, 0.6) is 5.75 Å². The van der Waals surface area contributed by atoms with E-state index in [0.29, 0.717) is 29.1 Å². The van der Waals surface area contributed by atoms with Crippen LogP contribution in [0.1, 0.15) is 41.5 Å². The van der Waals surface area contributed by atoms with Gasteiger partial charge in [0.05, 0.1) is 17.7 Å². The number of halogens is 4. The van der Waals surface area contributed by atoms with E-state index in [1.165, 1.54) is 19.3 Å². The molecule has 4 rings (SSSR count). The second kappa shape index (κ2) is 11.4. The summed E-state index contributed by atoms with van der Waals surface area (Å²) in [6.45, 7) is 0.553. The smallest absolute Gasteiger partial charge is 0.417 e. The van der Waals surface area contributed by atoms with Gasteiger partial charge < -0.3 is 9.84 Å². The van der Waals surface area contributed by atoms with Crippen LogP contribution in [0.2, 0.25) is 5.02 Å². The van der Waals surface area contributed by atoms with Gasteiger partial charge in [-0.25, -0.2) is 0 Å². The molecule has 1 N–H and O–H groups in total. The molecule has 1 aliphatic rings. The van der Waals surface area contributed by atoms with Crippen molar-refractivity contribution in [1.82, 2.24) is 4.90 Å². The van der Waals surface area contributed by atoms with Crippen molar-refractivity contribution in [2.24, 2.45) is 0 Å². The summed E-state index contributed by atoms with van der Waals surface area (Å²) in [5.41, 5.74) is 1.67. The van der Waals surface area contributed by atoms with Gasteiger partial charge in [-0.3, -0.25) is 9.69 Å². The fraction of sp³-hybridized carbons (Fsp3) is 0.276. The highest BCUT2D eigenvalue weighted by molar-refractivity contribution is 6.35. The molecule has 1 heterocycles. The summed E-state index contributed by atoms with van der Waals surface area (Å²) >= 11 is 6.62. The number of hydrogen-bond acceptors (Lipinski definition) is 3. The summed E-state index contributed by atoms with van der Waals surface area (Å²) in [4.78, 5) is 13.4. The van der Waals surface area contributed by atoms with Crippen molar-refractivity contribution in [3.05, 3.63) is 87.9 Å². The van der Waals surface area contributed by atoms with Gasteiger partial charge in [0.25, 0.3) is 0 Å². The molecular formula is C29H27ClF3NO3. The fourth-order valence-electron chi connectivity index (χ4n) is 4.71. The Morgan fingerprint density at radius 1 is 1.08 bits per heavy atom. The summed E-state index contributed by atoms with van der Waals surface area (Å²) in [6.07, 6.45) is 0.353. The number of methoxy groups -OCH3 is 1. The molecule has 194 valence electrons. The molecule has 1 aliphatic heterocycles. The summed E-state index contributed by atoms with van der Waals surface area (Å²) in [5.74, 6) is -0.699. The van der Waals surface area contributed by atoms with Gasteiger partial charge in [0.1, 0.15) is 11.8 Å². The van der Waals surface area contributed by atoms with Crippen molar-refractivity contribution in [3.63, 3.8) is 0 Å². The zero-order chi connectivity index (χ0) is 26.6. The molecule has 0 aromatic heterocycles. The van der Waals surface area contributed by atoms with E-state index in [1.54, 1.807) is 23.1 Å². The van der Waals surface area contributed by atoms with Gasteiger partial charge in [0.2, 0.25) is 0 Å². The highest BCUT2D eigenvalue weighted by Crippen LogP contribution is 2.38. The number of likely N-dealkylation sites (tertiary alicyclic amines) is 1. The van der Waals surface area contributed by atoms with Gasteiger partial charge in [-0.2, -0.15) is 13.2 Å². The van der Waals surface area contributed by atoms with E-state index in [2.05, 4.69) is 0 Å². The third-order valence-corrected chi connectivity index (χ3v) is 7.01. The second-order valence-electron chi connectivity index (χ2n) is 8.98. The number of carbonyl (C=O) groups is 1. The minimum atomic E-state index is -4.62. The molecule has 1 saturated heterocycles. The second-order valence-corrected chi connectivity index (χ2v) is 9.36. The Kier molecular flexibility index (Phi) is 8.25. The lowest BCUT2D eigenvalue weighted by Gasteiger charge is -2.33. The van der Waals surface area contributed by atoms with Gasteiger partial charge in [-0.1, -0.05) is 78.7 Å². The summed E-state index contributed by atoms with van der Waals surface area (Å²) in [6, 6.07) is 16.6. The van der Waals surface area contributed by atoms with E-state index < -0.39 is 23.8 Å². The minimum Gasteiger partial charge on any atom is -0.496 e. The van der Waals surface area contributed by atoms with Crippen LogP contribution in [-0.2, 0) is 17.5 Å². The minimum absolute atomic E-state index is 0.0537. The zero-order valence-electron chi connectivity index (χ0n) is 20.3. The molecule has 3 aromatic carbocycles. The Balaban J connectivity index is 1.71. The Bertz CT molecular complexity index is 1290. The average Bonchev–Trinajstić information content (AvgIpc) is 2.88. The first-order valence-corrected chi connectivity index (χ1v) is 12.3. The van der Waals surface area contributed by atoms with Gasteiger partial charge in [0, 0.05) is 17.7 Å². The number of carboxylic acid groups (broad SMARTS) is 1.